The third-order valence-corrected chi connectivity index (χ3v) is 5.42. The molecule has 0 aromatic carbocycles. The third-order valence-electron chi connectivity index (χ3n) is 5.42. The van der Waals surface area contributed by atoms with Crippen LogP contribution >= 0.6 is 0 Å². The van der Waals surface area contributed by atoms with Gasteiger partial charge in [0.25, 0.3) is 0 Å². The van der Waals surface area contributed by atoms with Gasteiger partial charge < -0.3 is 60.9 Å². The van der Waals surface area contributed by atoms with E-state index in [2.05, 4.69) is 39.5 Å². The highest BCUT2D eigenvalue weighted by Gasteiger charge is 2.34. The molecule has 0 rings (SSSR count). The maximum absolute atomic E-state index is 9.60. The largest absolute Gasteiger partial charge is 0.478 e. The zero-order valence-corrected chi connectivity index (χ0v) is 33.9. The number of carboxylic acid groups (broad SMARTS) is 6. The van der Waals surface area contributed by atoms with Crippen LogP contribution < -0.4 is 0 Å². The summed E-state index contributed by atoms with van der Waals surface area (Å²) in [5, 5.41) is 93.7. The van der Waals surface area contributed by atoms with Crippen LogP contribution in [-0.4, -0.2) is 151 Å². The molecule has 0 saturated heterocycles. The molecule has 0 spiro atoms. The molecule has 0 bridgehead atoms. The summed E-state index contributed by atoms with van der Waals surface area (Å²) in [6.45, 7) is 27.6. The number of aliphatic hydroxyl groups is 5. The Hall–Kier alpha value is -5.06. The first kappa shape index (κ1) is 66.7. The van der Waals surface area contributed by atoms with Crippen molar-refractivity contribution in [1.29, 1.82) is 0 Å². The SMILES string of the molecule is C=C(C)C(=O)O.C=C(C)C(=O)O.C=C(C)C(=O)O.C=C(C)C(=O)O.C=C(C)C(=O)O.C=C(C)C(=O)O.CCCOOCC(CO)(CO)COCC(CO)(CO)CO. The molecule has 0 heterocycles. The molecule has 0 aliphatic rings. The maximum atomic E-state index is 9.60. The smallest absolute Gasteiger partial charge is 0.330 e. The van der Waals surface area contributed by atoms with Gasteiger partial charge in [-0.25, -0.2) is 38.5 Å². The second-order valence-corrected chi connectivity index (χ2v) is 11.9. The number of rotatable bonds is 20. The van der Waals surface area contributed by atoms with E-state index in [4.69, 9.17) is 45.2 Å². The lowest BCUT2D eigenvalue weighted by Gasteiger charge is -2.32. The van der Waals surface area contributed by atoms with Crippen molar-refractivity contribution in [2.24, 2.45) is 10.8 Å². The number of hydrogen-bond acceptors (Lipinski definition) is 14. The van der Waals surface area contributed by atoms with Crippen LogP contribution in [0.25, 0.3) is 0 Å². The molecule has 0 aromatic heterocycles. The van der Waals surface area contributed by atoms with Gasteiger partial charge in [0, 0.05) is 33.4 Å². The Morgan fingerprint density at radius 3 is 0.754 bits per heavy atom. The molecule has 0 saturated carbocycles. The molecule has 0 fully saturated rings. The quantitative estimate of drug-likeness (QED) is 0.0362. The summed E-state index contributed by atoms with van der Waals surface area (Å²) in [6, 6.07) is 0. The Labute approximate surface area is 333 Å². The average molecular weight is 829 g/mol. The van der Waals surface area contributed by atoms with E-state index in [1.165, 1.54) is 41.5 Å². The second-order valence-electron chi connectivity index (χ2n) is 11.9. The molecule has 57 heavy (non-hydrogen) atoms. The van der Waals surface area contributed by atoms with E-state index in [1.54, 1.807) is 0 Å². The zero-order valence-electron chi connectivity index (χ0n) is 33.9. The minimum atomic E-state index is -1.16. The minimum absolute atomic E-state index is 0.0651. The maximum Gasteiger partial charge on any atom is 0.330 e. The highest BCUT2D eigenvalue weighted by molar-refractivity contribution is 5.86. The van der Waals surface area contributed by atoms with Gasteiger partial charge in [0.2, 0.25) is 0 Å². The first-order valence-corrected chi connectivity index (χ1v) is 16.1. The molecule has 20 heteroatoms. The van der Waals surface area contributed by atoms with Crippen LogP contribution in [0.3, 0.4) is 0 Å². The van der Waals surface area contributed by atoms with Crippen molar-refractivity contribution in [1.82, 2.24) is 0 Å². The monoisotopic (exact) mass is 828 g/mol. The van der Waals surface area contributed by atoms with E-state index in [0.29, 0.717) is 6.61 Å². The molecule has 0 aliphatic heterocycles. The lowest BCUT2D eigenvalue weighted by molar-refractivity contribution is -0.317. The summed E-state index contributed by atoms with van der Waals surface area (Å²) < 4.78 is 5.34. The molecule has 0 radical (unpaired) electrons. The van der Waals surface area contributed by atoms with Gasteiger partial charge >= 0.3 is 35.8 Å². The molecule has 0 atom stereocenters. The molecular formula is C37H64O20. The van der Waals surface area contributed by atoms with Crippen molar-refractivity contribution in [2.75, 3.05) is 59.5 Å². The molecule has 0 amide bonds. The lowest BCUT2D eigenvalue weighted by Crippen LogP contribution is -2.43. The zero-order chi connectivity index (χ0) is 47.1. The standard InChI is InChI=1S/C13H28O8.6C4H6O2/c1-2-3-20-21-11-13(7-17,8-18)10-19-9-12(4-14,5-15)6-16;6*1-3(2)4(5)6/h14-18H,2-11H2,1H3;6*1H2,2H3,(H,5,6). The lowest BCUT2D eigenvalue weighted by atomic mass is 9.91. The predicted octanol–water partition coefficient (Wildman–Crippen LogP) is 2.18. The minimum Gasteiger partial charge on any atom is -0.478 e. The van der Waals surface area contributed by atoms with Gasteiger partial charge in [-0.05, 0) is 48.0 Å². The van der Waals surface area contributed by atoms with E-state index in [1.807, 2.05) is 6.92 Å². The molecule has 0 aliphatic carbocycles. The summed E-state index contributed by atoms with van der Waals surface area (Å²) in [7, 11) is 0. The summed E-state index contributed by atoms with van der Waals surface area (Å²) in [6.07, 6.45) is 0.772. The third kappa shape index (κ3) is 50.9. The van der Waals surface area contributed by atoms with Crippen LogP contribution in [0.15, 0.2) is 72.9 Å². The van der Waals surface area contributed by atoms with Crippen molar-refractivity contribution >= 4 is 35.8 Å². The number of carbonyl (C=O) groups is 6. The van der Waals surface area contributed by atoms with Crippen molar-refractivity contribution in [2.45, 2.75) is 54.9 Å². The summed E-state index contributed by atoms with van der Waals surface area (Å²) in [4.78, 5) is 67.4. The summed E-state index contributed by atoms with van der Waals surface area (Å²) >= 11 is 0. The fraction of sp³-hybridized carbons (Fsp3) is 0.514. The van der Waals surface area contributed by atoms with Crippen molar-refractivity contribution < 1.29 is 99.5 Å². The molecular weight excluding hydrogens is 764 g/mol. The Balaban J connectivity index is -0.000000114. The van der Waals surface area contributed by atoms with Crippen LogP contribution in [0, 0.1) is 10.8 Å². The van der Waals surface area contributed by atoms with E-state index in [-0.39, 0.29) is 66.5 Å². The van der Waals surface area contributed by atoms with E-state index in [0.717, 1.165) is 6.42 Å². The van der Waals surface area contributed by atoms with E-state index < -0.39 is 66.5 Å². The van der Waals surface area contributed by atoms with Crippen molar-refractivity contribution in [3.05, 3.63) is 72.9 Å². The number of carboxylic acids is 6. The average Bonchev–Trinajstić information content (AvgIpc) is 3.12. The highest BCUT2D eigenvalue weighted by Crippen LogP contribution is 2.21. The van der Waals surface area contributed by atoms with Crippen LogP contribution in [0.1, 0.15) is 54.9 Å². The molecule has 332 valence electrons. The number of aliphatic carboxylic acids is 6. The van der Waals surface area contributed by atoms with Crippen molar-refractivity contribution in [3.8, 4) is 0 Å². The fourth-order valence-corrected chi connectivity index (χ4v) is 1.35. The first-order valence-electron chi connectivity index (χ1n) is 16.1. The number of hydrogen-bond donors (Lipinski definition) is 11. The number of aliphatic hydroxyl groups excluding tert-OH is 5. The van der Waals surface area contributed by atoms with E-state index >= 15 is 0 Å². The van der Waals surface area contributed by atoms with Crippen LogP contribution in [0.4, 0.5) is 0 Å². The molecule has 20 nitrogen and oxygen atoms in total. The van der Waals surface area contributed by atoms with Crippen LogP contribution in [0.5, 0.6) is 0 Å². The molecule has 0 unspecified atom stereocenters. The van der Waals surface area contributed by atoms with Crippen LogP contribution in [0.2, 0.25) is 0 Å². The Morgan fingerprint density at radius 1 is 0.404 bits per heavy atom. The summed E-state index contributed by atoms with van der Waals surface area (Å²) in [5.74, 6) is -5.61. The normalized spacial score (nSPS) is 9.47. The number of ether oxygens (including phenoxy) is 1. The Kier molecular flexibility index (Phi) is 47.5. The van der Waals surface area contributed by atoms with Gasteiger partial charge in [0.15, 0.2) is 0 Å². The van der Waals surface area contributed by atoms with E-state index in [9.17, 15) is 54.3 Å². The summed E-state index contributed by atoms with van der Waals surface area (Å²) in [5.41, 5.74) is -1.16. The first-order chi connectivity index (χ1) is 25.9. The Morgan fingerprint density at radius 2 is 0.596 bits per heavy atom. The predicted molar refractivity (Wildman–Crippen MR) is 208 cm³/mol. The van der Waals surface area contributed by atoms with Gasteiger partial charge in [-0.2, -0.15) is 0 Å². The van der Waals surface area contributed by atoms with Crippen molar-refractivity contribution in [3.63, 3.8) is 0 Å². The Bertz CT molecular complexity index is 1010. The van der Waals surface area contributed by atoms with Gasteiger partial charge in [0.05, 0.1) is 70.3 Å². The second kappa shape index (κ2) is 40.6. The topological polar surface area (TPSA) is 353 Å². The van der Waals surface area contributed by atoms with Gasteiger partial charge in [-0.15, -0.1) is 0 Å². The highest BCUT2D eigenvalue weighted by atomic mass is 17.2. The molecule has 0 aromatic rings. The molecule has 11 N–H and O–H groups in total. The van der Waals surface area contributed by atoms with Gasteiger partial charge in [-0.3, -0.25) is 0 Å². The van der Waals surface area contributed by atoms with Gasteiger partial charge in [-0.1, -0.05) is 46.4 Å². The van der Waals surface area contributed by atoms with Crippen LogP contribution in [-0.2, 0) is 43.3 Å². The van der Waals surface area contributed by atoms with Gasteiger partial charge in [0.1, 0.15) is 0 Å². The fourth-order valence-electron chi connectivity index (χ4n) is 1.35.